The standard InChI is InChI=1S/C16H19BFNO5/c1-22-13-8-7-10(15(23-2)16(13)24-3)9-19-12-6-4-5-11(14(12)18)17(20)21/h4-8,19-21H,9H2,1-3H3. The fourth-order valence-corrected chi connectivity index (χ4v) is 2.38. The van der Waals surface area contributed by atoms with Gasteiger partial charge in [-0.2, -0.15) is 0 Å². The van der Waals surface area contributed by atoms with Gasteiger partial charge in [0.05, 0.1) is 27.0 Å². The van der Waals surface area contributed by atoms with Gasteiger partial charge in [-0.15, -0.1) is 0 Å². The molecule has 2 aromatic carbocycles. The Kier molecular flexibility index (Phi) is 5.89. The predicted octanol–water partition coefficient (Wildman–Crippen LogP) is 1.14. The fourth-order valence-electron chi connectivity index (χ4n) is 2.38. The maximum Gasteiger partial charge on any atom is 0.491 e. The first-order chi connectivity index (χ1) is 11.5. The molecular formula is C16H19BFNO5. The predicted molar refractivity (Wildman–Crippen MR) is 89.7 cm³/mol. The highest BCUT2D eigenvalue weighted by Crippen LogP contribution is 2.39. The zero-order valence-electron chi connectivity index (χ0n) is 13.7. The third-order valence-corrected chi connectivity index (χ3v) is 3.56. The van der Waals surface area contributed by atoms with E-state index in [2.05, 4.69) is 5.32 Å². The van der Waals surface area contributed by atoms with Crippen molar-refractivity contribution in [3.05, 3.63) is 41.7 Å². The van der Waals surface area contributed by atoms with Crippen LogP contribution in [0.15, 0.2) is 30.3 Å². The van der Waals surface area contributed by atoms with Gasteiger partial charge in [-0.25, -0.2) is 4.39 Å². The number of anilines is 1. The van der Waals surface area contributed by atoms with Crippen molar-refractivity contribution in [1.82, 2.24) is 0 Å². The third-order valence-electron chi connectivity index (χ3n) is 3.56. The van der Waals surface area contributed by atoms with E-state index in [-0.39, 0.29) is 17.7 Å². The van der Waals surface area contributed by atoms with Crippen molar-refractivity contribution in [2.45, 2.75) is 6.54 Å². The summed E-state index contributed by atoms with van der Waals surface area (Å²) in [6, 6.07) is 7.85. The molecule has 0 atom stereocenters. The Morgan fingerprint density at radius 1 is 1.00 bits per heavy atom. The maximum atomic E-state index is 14.2. The fraction of sp³-hybridized carbons (Fsp3) is 0.250. The molecule has 0 heterocycles. The van der Waals surface area contributed by atoms with Crippen LogP contribution in [0.25, 0.3) is 0 Å². The lowest BCUT2D eigenvalue weighted by Crippen LogP contribution is -2.33. The zero-order valence-corrected chi connectivity index (χ0v) is 13.7. The molecule has 0 saturated heterocycles. The van der Waals surface area contributed by atoms with Gasteiger partial charge in [0.25, 0.3) is 0 Å². The number of methoxy groups -OCH3 is 3. The van der Waals surface area contributed by atoms with E-state index in [0.717, 1.165) is 5.56 Å². The number of ether oxygens (including phenoxy) is 3. The van der Waals surface area contributed by atoms with Crippen LogP contribution in [0.1, 0.15) is 5.56 Å². The van der Waals surface area contributed by atoms with Gasteiger partial charge in [0, 0.05) is 17.6 Å². The van der Waals surface area contributed by atoms with E-state index in [0.29, 0.717) is 17.2 Å². The van der Waals surface area contributed by atoms with E-state index in [9.17, 15) is 4.39 Å². The lowest BCUT2D eigenvalue weighted by Gasteiger charge is -2.17. The first kappa shape index (κ1) is 17.9. The molecule has 0 bridgehead atoms. The molecule has 0 aromatic heterocycles. The molecule has 24 heavy (non-hydrogen) atoms. The van der Waals surface area contributed by atoms with Crippen LogP contribution in [0, 0.1) is 5.82 Å². The largest absolute Gasteiger partial charge is 0.493 e. The number of hydrogen-bond donors (Lipinski definition) is 3. The Bertz CT molecular complexity index is 711. The molecule has 8 heteroatoms. The van der Waals surface area contributed by atoms with Crippen LogP contribution in [-0.4, -0.2) is 38.5 Å². The molecule has 3 N–H and O–H groups in total. The molecule has 6 nitrogen and oxygen atoms in total. The van der Waals surface area contributed by atoms with E-state index >= 15 is 0 Å². The molecule has 0 spiro atoms. The molecular weight excluding hydrogens is 316 g/mol. The Morgan fingerprint density at radius 3 is 2.29 bits per heavy atom. The first-order valence-corrected chi connectivity index (χ1v) is 7.19. The summed E-state index contributed by atoms with van der Waals surface area (Å²) in [6.45, 7) is 0.241. The molecule has 0 fully saturated rings. The second-order valence-corrected chi connectivity index (χ2v) is 4.93. The summed E-state index contributed by atoms with van der Waals surface area (Å²) in [4.78, 5) is 0. The minimum atomic E-state index is -1.87. The number of nitrogens with one attached hydrogen (secondary N) is 1. The highest BCUT2D eigenvalue weighted by atomic mass is 19.1. The van der Waals surface area contributed by atoms with Crippen molar-refractivity contribution in [2.24, 2.45) is 0 Å². The summed E-state index contributed by atoms with van der Waals surface area (Å²) >= 11 is 0. The number of rotatable bonds is 7. The lowest BCUT2D eigenvalue weighted by atomic mass is 9.79. The minimum Gasteiger partial charge on any atom is -0.493 e. The van der Waals surface area contributed by atoms with Crippen LogP contribution in [0.2, 0.25) is 0 Å². The summed E-state index contributed by atoms with van der Waals surface area (Å²) in [5.74, 6) is 0.726. The summed E-state index contributed by atoms with van der Waals surface area (Å²) in [5, 5.41) is 21.2. The van der Waals surface area contributed by atoms with Crippen LogP contribution >= 0.6 is 0 Å². The van der Waals surface area contributed by atoms with Crippen molar-refractivity contribution in [1.29, 1.82) is 0 Å². The van der Waals surface area contributed by atoms with Crippen molar-refractivity contribution in [2.75, 3.05) is 26.6 Å². The first-order valence-electron chi connectivity index (χ1n) is 7.19. The summed E-state index contributed by atoms with van der Waals surface area (Å²) < 4.78 is 30.1. The van der Waals surface area contributed by atoms with Crippen LogP contribution in [0.5, 0.6) is 17.2 Å². The van der Waals surface area contributed by atoms with Gasteiger partial charge in [0.15, 0.2) is 11.5 Å². The number of halogens is 1. The second-order valence-electron chi connectivity index (χ2n) is 4.93. The van der Waals surface area contributed by atoms with E-state index < -0.39 is 12.9 Å². The quantitative estimate of drug-likeness (QED) is 0.659. The Hall–Kier alpha value is -2.45. The highest BCUT2D eigenvalue weighted by molar-refractivity contribution is 6.58. The summed E-state index contributed by atoms with van der Waals surface area (Å²) in [6.07, 6.45) is 0. The van der Waals surface area contributed by atoms with Gasteiger partial charge in [-0.3, -0.25) is 0 Å². The molecule has 0 aliphatic heterocycles. The summed E-state index contributed by atoms with van der Waals surface area (Å²) in [7, 11) is 2.66. The average Bonchev–Trinajstić information content (AvgIpc) is 2.59. The molecule has 0 aliphatic rings. The van der Waals surface area contributed by atoms with E-state index in [1.54, 1.807) is 12.1 Å². The SMILES string of the molecule is COc1ccc(CNc2cccc(B(O)O)c2F)c(OC)c1OC. The monoisotopic (exact) mass is 335 g/mol. The third kappa shape index (κ3) is 3.55. The van der Waals surface area contributed by atoms with Gasteiger partial charge >= 0.3 is 7.12 Å². The Balaban J connectivity index is 2.29. The van der Waals surface area contributed by atoms with E-state index in [1.807, 2.05) is 0 Å². The van der Waals surface area contributed by atoms with Crippen LogP contribution < -0.4 is 25.0 Å². The molecule has 0 unspecified atom stereocenters. The van der Waals surface area contributed by atoms with Gasteiger partial charge in [0.1, 0.15) is 5.82 Å². The highest BCUT2D eigenvalue weighted by Gasteiger charge is 2.19. The second kappa shape index (κ2) is 7.89. The number of benzene rings is 2. The van der Waals surface area contributed by atoms with Crippen LogP contribution in [0.4, 0.5) is 10.1 Å². The Labute approximate surface area is 139 Å². The lowest BCUT2D eigenvalue weighted by molar-refractivity contribution is 0.322. The molecule has 0 aliphatic carbocycles. The maximum absolute atomic E-state index is 14.2. The molecule has 128 valence electrons. The van der Waals surface area contributed by atoms with Crippen LogP contribution in [-0.2, 0) is 6.54 Å². The number of hydrogen-bond acceptors (Lipinski definition) is 6. The van der Waals surface area contributed by atoms with Gasteiger partial charge < -0.3 is 29.6 Å². The topological polar surface area (TPSA) is 80.2 Å². The van der Waals surface area contributed by atoms with Gasteiger partial charge in [0.2, 0.25) is 5.75 Å². The molecule has 0 saturated carbocycles. The molecule has 0 radical (unpaired) electrons. The zero-order chi connectivity index (χ0) is 17.7. The van der Waals surface area contributed by atoms with Crippen molar-refractivity contribution in [3.63, 3.8) is 0 Å². The van der Waals surface area contributed by atoms with Crippen molar-refractivity contribution in [3.8, 4) is 17.2 Å². The Morgan fingerprint density at radius 2 is 1.71 bits per heavy atom. The van der Waals surface area contributed by atoms with Gasteiger partial charge in [-0.1, -0.05) is 12.1 Å². The van der Waals surface area contributed by atoms with Crippen LogP contribution in [0.3, 0.4) is 0 Å². The molecule has 0 amide bonds. The normalized spacial score (nSPS) is 10.2. The smallest absolute Gasteiger partial charge is 0.491 e. The van der Waals surface area contributed by atoms with Gasteiger partial charge in [-0.05, 0) is 18.2 Å². The molecule has 2 aromatic rings. The van der Waals surface area contributed by atoms with Crippen molar-refractivity contribution < 1.29 is 28.6 Å². The minimum absolute atomic E-state index is 0.150. The van der Waals surface area contributed by atoms with Crippen molar-refractivity contribution >= 4 is 18.3 Å². The van der Waals surface area contributed by atoms with E-state index in [4.69, 9.17) is 24.3 Å². The molecule has 2 rings (SSSR count). The summed E-state index contributed by atoms with van der Waals surface area (Å²) in [5.41, 5.74) is 0.682. The van der Waals surface area contributed by atoms with E-state index in [1.165, 1.54) is 39.5 Å². The average molecular weight is 335 g/mol.